The summed E-state index contributed by atoms with van der Waals surface area (Å²) in [4.78, 5) is 16.4. The van der Waals surface area contributed by atoms with Crippen LogP contribution in [0.5, 0.6) is 0 Å². The summed E-state index contributed by atoms with van der Waals surface area (Å²) in [6, 6.07) is 16.2. The maximum atomic E-state index is 13.3. The molecule has 32 heavy (non-hydrogen) atoms. The van der Waals surface area contributed by atoms with Crippen molar-refractivity contribution >= 4 is 41.3 Å². The van der Waals surface area contributed by atoms with E-state index >= 15 is 0 Å². The fourth-order valence-electron chi connectivity index (χ4n) is 4.11. The zero-order chi connectivity index (χ0) is 22.1. The zero-order valence-electron chi connectivity index (χ0n) is 17.8. The van der Waals surface area contributed by atoms with Crippen molar-refractivity contribution in [3.05, 3.63) is 71.5 Å². The van der Waals surface area contributed by atoms with Gasteiger partial charge in [0, 0.05) is 53.4 Å². The number of fused-ring (bicyclic) bond motifs is 2. The average molecular weight is 468 g/mol. The van der Waals surface area contributed by atoms with Crippen LogP contribution in [-0.2, 0) is 22.2 Å². The molecule has 3 aromatic rings. The van der Waals surface area contributed by atoms with Crippen LogP contribution in [0.2, 0.25) is 0 Å². The van der Waals surface area contributed by atoms with Crippen LogP contribution in [0.4, 0.5) is 11.4 Å². The molecule has 0 spiro atoms. The summed E-state index contributed by atoms with van der Waals surface area (Å²) in [5.41, 5.74) is 11.0. The van der Waals surface area contributed by atoms with Crippen molar-refractivity contribution in [1.29, 1.82) is 0 Å². The van der Waals surface area contributed by atoms with Gasteiger partial charge in [0.05, 0.1) is 29.5 Å². The second-order valence-electron chi connectivity index (χ2n) is 7.87. The molecular weight excluding hydrogens is 442 g/mol. The van der Waals surface area contributed by atoms with Crippen LogP contribution in [0.25, 0.3) is 0 Å². The monoisotopic (exact) mass is 467 g/mol. The first-order chi connectivity index (χ1) is 15.7. The molecule has 0 aliphatic carbocycles. The largest absolute Gasteiger partial charge is 0.332 e. The summed E-state index contributed by atoms with van der Waals surface area (Å²) in [5.74, 6) is -0.00268. The van der Waals surface area contributed by atoms with Crippen LogP contribution in [0.15, 0.2) is 59.6 Å². The van der Waals surface area contributed by atoms with E-state index in [9.17, 15) is 4.79 Å². The molecule has 5 rings (SSSR count). The van der Waals surface area contributed by atoms with E-state index < -0.39 is 0 Å². The highest BCUT2D eigenvalue weighted by atomic mass is 32.2. The Bertz CT molecular complexity index is 1100. The molecule has 0 saturated heterocycles. The minimum absolute atomic E-state index is 0.155. The quantitative estimate of drug-likeness (QED) is 0.368. The second kappa shape index (κ2) is 9.19. The van der Waals surface area contributed by atoms with Gasteiger partial charge in [0.25, 0.3) is 0 Å². The lowest BCUT2D eigenvalue weighted by Gasteiger charge is -2.23. The number of carbonyl (C=O) groups excluding carboxylic acids is 1. The van der Waals surface area contributed by atoms with E-state index in [1.54, 1.807) is 11.9 Å². The molecule has 0 fully saturated rings. The Balaban J connectivity index is 1.24. The highest BCUT2D eigenvalue weighted by molar-refractivity contribution is 7.97. The molecule has 1 unspecified atom stereocenters. The molecule has 2 aliphatic rings. The van der Waals surface area contributed by atoms with Crippen molar-refractivity contribution in [2.24, 2.45) is 5.73 Å². The van der Waals surface area contributed by atoms with Crippen LogP contribution in [-0.4, -0.2) is 32.8 Å². The van der Waals surface area contributed by atoms with Crippen LogP contribution in [0, 0.1) is 0 Å². The molecule has 1 aromatic heterocycles. The van der Waals surface area contributed by atoms with Gasteiger partial charge in [-0.2, -0.15) is 9.38 Å². The van der Waals surface area contributed by atoms with Crippen LogP contribution < -0.4 is 10.8 Å². The van der Waals surface area contributed by atoms with E-state index in [1.807, 2.05) is 56.8 Å². The van der Waals surface area contributed by atoms with Gasteiger partial charge in [-0.15, -0.1) is 0 Å². The number of hydrogen-bond acceptors (Lipinski definition) is 7. The van der Waals surface area contributed by atoms with Crippen molar-refractivity contribution in [1.82, 2.24) is 14.1 Å². The molecular formula is C23H25N5O2S2. The molecule has 7 nitrogen and oxygen atoms in total. The molecule has 0 saturated carbocycles. The van der Waals surface area contributed by atoms with Crippen LogP contribution in [0.1, 0.15) is 35.6 Å². The first-order valence-electron chi connectivity index (χ1n) is 10.6. The number of aromatic nitrogens is 2. The molecule has 9 heteroatoms. The van der Waals surface area contributed by atoms with Gasteiger partial charge in [0.2, 0.25) is 5.91 Å². The second-order valence-corrected chi connectivity index (χ2v) is 9.38. The minimum atomic E-state index is -0.157. The Labute approximate surface area is 196 Å². The number of hydrogen-bond donors (Lipinski definition) is 1. The summed E-state index contributed by atoms with van der Waals surface area (Å²) < 4.78 is 7.35. The zero-order valence-corrected chi connectivity index (χ0v) is 19.4. The van der Waals surface area contributed by atoms with Crippen molar-refractivity contribution in [2.75, 3.05) is 17.9 Å². The first kappa shape index (κ1) is 21.4. The molecule has 3 heterocycles. The van der Waals surface area contributed by atoms with Gasteiger partial charge in [-0.3, -0.25) is 4.79 Å². The summed E-state index contributed by atoms with van der Waals surface area (Å²) in [7, 11) is 0. The summed E-state index contributed by atoms with van der Waals surface area (Å²) in [6.07, 6.45) is 5.52. The summed E-state index contributed by atoms with van der Waals surface area (Å²) in [5, 5.41) is 6.55. The summed E-state index contributed by atoms with van der Waals surface area (Å²) in [6.45, 7) is 1.73. The number of benzene rings is 2. The molecule has 1 amide bonds. The SMILES string of the molecule is CSON1c2ccc(Sn3cc4c(n3)CN(C(=O)C(CCCN)c3ccccc3)C4)cc21. The maximum Gasteiger partial charge on any atom is 0.230 e. The normalized spacial score (nSPS) is 14.9. The maximum absolute atomic E-state index is 13.3. The molecule has 0 bridgehead atoms. The van der Waals surface area contributed by atoms with Crippen molar-refractivity contribution in [3.8, 4) is 0 Å². The number of anilines is 2. The minimum Gasteiger partial charge on any atom is -0.332 e. The number of nitrogens with zero attached hydrogens (tertiary/aromatic N) is 4. The van der Waals surface area contributed by atoms with E-state index in [0.717, 1.165) is 45.9 Å². The Morgan fingerprint density at radius 1 is 1.19 bits per heavy atom. The Kier molecular flexibility index (Phi) is 6.14. The van der Waals surface area contributed by atoms with Gasteiger partial charge in [0.1, 0.15) is 0 Å². The van der Waals surface area contributed by atoms with Crippen LogP contribution in [0.3, 0.4) is 0 Å². The van der Waals surface area contributed by atoms with Crippen molar-refractivity contribution in [2.45, 2.75) is 36.7 Å². The van der Waals surface area contributed by atoms with Crippen molar-refractivity contribution < 1.29 is 9.08 Å². The van der Waals surface area contributed by atoms with Gasteiger partial charge in [0.15, 0.2) is 0 Å². The number of carbonyl (C=O) groups is 1. The Morgan fingerprint density at radius 3 is 2.78 bits per heavy atom. The Morgan fingerprint density at radius 2 is 2.03 bits per heavy atom. The molecule has 166 valence electrons. The fourth-order valence-corrected chi connectivity index (χ4v) is 5.25. The van der Waals surface area contributed by atoms with E-state index in [0.29, 0.717) is 19.6 Å². The molecule has 1 atom stereocenters. The fraction of sp³-hybridized carbons (Fsp3) is 0.304. The van der Waals surface area contributed by atoms with Gasteiger partial charge < -0.3 is 10.6 Å². The summed E-state index contributed by atoms with van der Waals surface area (Å²) >= 11 is 2.89. The predicted molar refractivity (Wildman–Crippen MR) is 128 cm³/mol. The lowest BCUT2D eigenvalue weighted by Crippen LogP contribution is -2.31. The van der Waals surface area contributed by atoms with E-state index in [2.05, 4.69) is 18.2 Å². The van der Waals surface area contributed by atoms with Crippen molar-refractivity contribution in [3.63, 3.8) is 0 Å². The first-order valence-corrected chi connectivity index (χ1v) is 12.5. The van der Waals surface area contributed by atoms with Crippen LogP contribution >= 0.6 is 24.0 Å². The average Bonchev–Trinajstić information content (AvgIpc) is 3.11. The third-order valence-electron chi connectivity index (χ3n) is 5.75. The van der Waals surface area contributed by atoms with E-state index in [1.165, 1.54) is 12.0 Å². The lowest BCUT2D eigenvalue weighted by molar-refractivity contribution is -0.133. The topological polar surface area (TPSA) is 76.4 Å². The highest BCUT2D eigenvalue weighted by Gasteiger charge is 2.33. The highest BCUT2D eigenvalue weighted by Crippen LogP contribution is 2.50. The lowest BCUT2D eigenvalue weighted by atomic mass is 9.93. The Hall–Kier alpha value is -2.46. The third-order valence-corrected chi connectivity index (χ3v) is 6.89. The third kappa shape index (κ3) is 4.25. The van der Waals surface area contributed by atoms with Gasteiger partial charge in [-0.25, -0.2) is 9.15 Å². The molecule has 2 aliphatic heterocycles. The van der Waals surface area contributed by atoms with E-state index in [-0.39, 0.29) is 11.8 Å². The molecule has 2 aromatic carbocycles. The smallest absolute Gasteiger partial charge is 0.230 e. The van der Waals surface area contributed by atoms with Gasteiger partial charge in [-0.05, 0) is 43.1 Å². The molecule has 2 N–H and O–H groups in total. The molecule has 0 radical (unpaired) electrons. The standard InChI is InChI=1S/C23H25N5O2S2/c1-31-30-28-21-10-9-18(12-22(21)28)32-27-14-17-13-26(15-20(17)25-27)23(29)19(8-5-11-24)16-6-3-2-4-7-16/h2-4,6-7,9-10,12,14,19H,5,8,11,13,15,24H2,1H3. The number of nitrogens with two attached hydrogens (primary N) is 1. The number of amides is 1. The number of rotatable bonds is 9. The van der Waals surface area contributed by atoms with Gasteiger partial charge in [-0.1, -0.05) is 30.3 Å². The van der Waals surface area contributed by atoms with E-state index in [4.69, 9.17) is 15.1 Å². The predicted octanol–water partition coefficient (Wildman–Crippen LogP) is 4.46. The van der Waals surface area contributed by atoms with Gasteiger partial charge >= 0.3 is 0 Å².